The Kier molecular flexibility index (Phi) is 3.28. The first-order valence-electron chi connectivity index (χ1n) is 4.40. The molecular formula is C9H15NO3. The van der Waals surface area contributed by atoms with Gasteiger partial charge in [0.25, 0.3) is 0 Å². The van der Waals surface area contributed by atoms with Crippen molar-refractivity contribution < 1.29 is 14.3 Å². The number of carbonyl (C=O) groups is 1. The van der Waals surface area contributed by atoms with Crippen LogP contribution in [0.3, 0.4) is 0 Å². The van der Waals surface area contributed by atoms with Gasteiger partial charge in [0, 0.05) is 19.8 Å². The van der Waals surface area contributed by atoms with Crippen LogP contribution >= 0.6 is 0 Å². The summed E-state index contributed by atoms with van der Waals surface area (Å²) in [7, 11) is 0. The van der Waals surface area contributed by atoms with Crippen LogP contribution in [-0.2, 0) is 14.3 Å². The van der Waals surface area contributed by atoms with Crippen LogP contribution in [0, 0.1) is 5.92 Å². The van der Waals surface area contributed by atoms with Gasteiger partial charge in [-0.05, 0) is 0 Å². The molecule has 74 valence electrons. The topological polar surface area (TPSA) is 47.9 Å². The van der Waals surface area contributed by atoms with Crippen molar-refractivity contribution in [3.63, 3.8) is 0 Å². The van der Waals surface area contributed by atoms with Gasteiger partial charge in [0.05, 0.1) is 12.6 Å². The van der Waals surface area contributed by atoms with E-state index in [0.29, 0.717) is 13.2 Å². The lowest BCUT2D eigenvalue weighted by atomic mass is 10.1. The third-order valence-electron chi connectivity index (χ3n) is 2.02. The predicted octanol–water partition coefficient (Wildman–Crippen LogP) is 1.00. The fraction of sp³-hybridized carbons (Fsp3) is 0.778. The van der Waals surface area contributed by atoms with Crippen LogP contribution in [-0.4, -0.2) is 31.1 Å². The Morgan fingerprint density at radius 2 is 2.54 bits per heavy atom. The minimum atomic E-state index is -0.244. The van der Waals surface area contributed by atoms with Gasteiger partial charge in [-0.2, -0.15) is 0 Å². The van der Waals surface area contributed by atoms with E-state index in [1.54, 1.807) is 0 Å². The first kappa shape index (κ1) is 10.0. The summed E-state index contributed by atoms with van der Waals surface area (Å²) in [5, 5.41) is 0. The number of rotatable bonds is 3. The van der Waals surface area contributed by atoms with E-state index in [9.17, 15) is 4.79 Å². The summed E-state index contributed by atoms with van der Waals surface area (Å²) < 4.78 is 10.1. The van der Waals surface area contributed by atoms with Gasteiger partial charge in [-0.3, -0.25) is 4.79 Å². The summed E-state index contributed by atoms with van der Waals surface area (Å²) >= 11 is 0. The smallest absolute Gasteiger partial charge is 0.302 e. The average molecular weight is 185 g/mol. The lowest BCUT2D eigenvalue weighted by molar-refractivity contribution is -0.142. The van der Waals surface area contributed by atoms with E-state index in [4.69, 9.17) is 9.47 Å². The fourth-order valence-electron chi connectivity index (χ4n) is 1.17. The van der Waals surface area contributed by atoms with Gasteiger partial charge >= 0.3 is 5.97 Å². The molecule has 0 aromatic heterocycles. The van der Waals surface area contributed by atoms with Crippen LogP contribution in [0.25, 0.3) is 0 Å². The zero-order chi connectivity index (χ0) is 9.84. The first-order chi connectivity index (χ1) is 6.09. The van der Waals surface area contributed by atoms with Crippen molar-refractivity contribution >= 4 is 11.9 Å². The molecule has 0 fully saturated rings. The maximum absolute atomic E-state index is 10.5. The van der Waals surface area contributed by atoms with E-state index < -0.39 is 0 Å². The van der Waals surface area contributed by atoms with Gasteiger partial charge in [0.15, 0.2) is 5.90 Å². The minimum absolute atomic E-state index is 0.138. The fourth-order valence-corrected chi connectivity index (χ4v) is 1.17. The molecule has 1 aliphatic rings. The van der Waals surface area contributed by atoms with Crippen molar-refractivity contribution in [2.45, 2.75) is 26.8 Å². The van der Waals surface area contributed by atoms with Crippen LogP contribution in [0.5, 0.6) is 0 Å². The maximum Gasteiger partial charge on any atom is 0.302 e. The molecule has 0 aliphatic carbocycles. The van der Waals surface area contributed by atoms with E-state index in [-0.39, 0.29) is 17.9 Å². The van der Waals surface area contributed by atoms with Crippen molar-refractivity contribution in [2.24, 2.45) is 10.9 Å². The normalized spacial score (nSPS) is 23.3. The van der Waals surface area contributed by atoms with Crippen LogP contribution in [0.15, 0.2) is 4.99 Å². The van der Waals surface area contributed by atoms with Crippen LogP contribution in [0.4, 0.5) is 0 Å². The molecule has 0 radical (unpaired) electrons. The Morgan fingerprint density at radius 1 is 1.85 bits per heavy atom. The van der Waals surface area contributed by atoms with Crippen molar-refractivity contribution in [3.05, 3.63) is 0 Å². The van der Waals surface area contributed by atoms with Gasteiger partial charge in [-0.25, -0.2) is 4.99 Å². The Bertz CT molecular complexity index is 225. The lowest BCUT2D eigenvalue weighted by Gasteiger charge is -2.14. The van der Waals surface area contributed by atoms with Crippen molar-refractivity contribution in [3.8, 4) is 0 Å². The van der Waals surface area contributed by atoms with Gasteiger partial charge in [-0.1, -0.05) is 6.92 Å². The first-order valence-corrected chi connectivity index (χ1v) is 4.40. The number of ether oxygens (including phenoxy) is 2. The van der Waals surface area contributed by atoms with E-state index >= 15 is 0 Å². The highest BCUT2D eigenvalue weighted by Gasteiger charge is 2.23. The summed E-state index contributed by atoms with van der Waals surface area (Å²) in [5.74, 6) is 0.701. The molecule has 13 heavy (non-hydrogen) atoms. The van der Waals surface area contributed by atoms with Crippen LogP contribution in [0.2, 0.25) is 0 Å². The quantitative estimate of drug-likeness (QED) is 0.616. The summed E-state index contributed by atoms with van der Waals surface area (Å²) in [4.78, 5) is 14.8. The number of carbonyl (C=O) groups excluding carboxylic acids is 1. The van der Waals surface area contributed by atoms with E-state index in [1.165, 1.54) is 6.92 Å². The molecule has 1 aliphatic heterocycles. The van der Waals surface area contributed by atoms with Gasteiger partial charge in [0.2, 0.25) is 0 Å². The van der Waals surface area contributed by atoms with Crippen molar-refractivity contribution in [1.82, 2.24) is 0 Å². The van der Waals surface area contributed by atoms with Gasteiger partial charge < -0.3 is 9.47 Å². The monoisotopic (exact) mass is 185 g/mol. The molecule has 1 rings (SSSR count). The molecule has 0 aromatic carbocycles. The second kappa shape index (κ2) is 4.25. The zero-order valence-electron chi connectivity index (χ0n) is 8.24. The molecule has 2 atom stereocenters. The van der Waals surface area contributed by atoms with Crippen LogP contribution in [0.1, 0.15) is 20.8 Å². The SMILES string of the molecule is CC(=O)OC[C@H](C)[C@@H]1COC(C)=N1. The molecule has 0 saturated carbocycles. The largest absolute Gasteiger partial charge is 0.479 e. The third kappa shape index (κ3) is 3.05. The molecule has 0 bridgehead atoms. The maximum atomic E-state index is 10.5. The Hall–Kier alpha value is -1.06. The lowest BCUT2D eigenvalue weighted by Crippen LogP contribution is -2.23. The molecule has 0 amide bonds. The number of nitrogens with zero attached hydrogens (tertiary/aromatic N) is 1. The molecule has 0 N–H and O–H groups in total. The highest BCUT2D eigenvalue weighted by atomic mass is 16.5. The standard InChI is InChI=1S/C9H15NO3/c1-6(4-13-8(3)11)9-5-12-7(2)10-9/h6,9H,4-5H2,1-3H3/t6-,9-/m0/s1. The third-order valence-corrected chi connectivity index (χ3v) is 2.02. The van der Waals surface area contributed by atoms with Crippen LogP contribution < -0.4 is 0 Å². The van der Waals surface area contributed by atoms with E-state index in [1.807, 2.05) is 13.8 Å². The molecule has 0 aromatic rings. The van der Waals surface area contributed by atoms with E-state index in [2.05, 4.69) is 4.99 Å². The predicted molar refractivity (Wildman–Crippen MR) is 48.6 cm³/mol. The van der Waals surface area contributed by atoms with Crippen molar-refractivity contribution in [2.75, 3.05) is 13.2 Å². The van der Waals surface area contributed by atoms with Gasteiger partial charge in [-0.15, -0.1) is 0 Å². The summed E-state index contributed by atoms with van der Waals surface area (Å²) in [6.07, 6.45) is 0. The number of aliphatic imine (C=N–C) groups is 1. The second-order valence-electron chi connectivity index (χ2n) is 3.31. The minimum Gasteiger partial charge on any atom is -0.479 e. The Balaban J connectivity index is 2.31. The zero-order valence-corrected chi connectivity index (χ0v) is 8.24. The second-order valence-corrected chi connectivity index (χ2v) is 3.31. The average Bonchev–Trinajstić information content (AvgIpc) is 2.47. The highest BCUT2D eigenvalue weighted by molar-refractivity contribution is 5.74. The molecule has 1 heterocycles. The number of hydrogen-bond donors (Lipinski definition) is 0. The van der Waals surface area contributed by atoms with E-state index in [0.717, 1.165) is 5.90 Å². The molecule has 0 saturated heterocycles. The number of hydrogen-bond acceptors (Lipinski definition) is 4. The molecule has 0 unspecified atom stereocenters. The van der Waals surface area contributed by atoms with Crippen molar-refractivity contribution in [1.29, 1.82) is 0 Å². The molecular weight excluding hydrogens is 170 g/mol. The Labute approximate surface area is 77.9 Å². The Morgan fingerprint density at radius 3 is 3.00 bits per heavy atom. The molecule has 0 spiro atoms. The summed E-state index contributed by atoms with van der Waals surface area (Å²) in [6.45, 7) is 6.26. The molecule has 4 nitrogen and oxygen atoms in total. The number of esters is 1. The highest BCUT2D eigenvalue weighted by Crippen LogP contribution is 2.14. The summed E-state index contributed by atoms with van der Waals surface area (Å²) in [5.41, 5.74) is 0. The van der Waals surface area contributed by atoms with Gasteiger partial charge in [0.1, 0.15) is 6.61 Å². The molecule has 4 heteroatoms. The summed E-state index contributed by atoms with van der Waals surface area (Å²) in [6, 6.07) is 0.138.